The number of nitrogens with zero attached hydrogens (tertiary/aromatic N) is 1. The van der Waals surface area contributed by atoms with Gasteiger partial charge >= 0.3 is 0 Å². The van der Waals surface area contributed by atoms with Crippen LogP contribution < -0.4 is 5.32 Å². The highest BCUT2D eigenvalue weighted by Crippen LogP contribution is 2.27. The average molecular weight is 276 g/mol. The number of pyridine rings is 1. The van der Waals surface area contributed by atoms with Gasteiger partial charge in [-0.05, 0) is 49.9 Å². The molecule has 1 unspecified atom stereocenters. The normalized spacial score (nSPS) is 12.4. The van der Waals surface area contributed by atoms with Gasteiger partial charge in [-0.1, -0.05) is 18.7 Å². The Labute approximate surface area is 117 Å². The molecule has 19 heavy (non-hydrogen) atoms. The van der Waals surface area contributed by atoms with Crippen molar-refractivity contribution in [2.24, 2.45) is 0 Å². The molecule has 2 aromatic rings. The van der Waals surface area contributed by atoms with Crippen molar-refractivity contribution in [3.8, 4) is 0 Å². The predicted molar refractivity (Wildman–Crippen MR) is 76.9 cm³/mol. The monoisotopic (exact) mass is 276 g/mol. The van der Waals surface area contributed by atoms with Gasteiger partial charge in [0.25, 0.3) is 0 Å². The topological polar surface area (TPSA) is 24.9 Å². The summed E-state index contributed by atoms with van der Waals surface area (Å²) in [7, 11) is 0. The second-order valence-corrected chi connectivity index (χ2v) is 5.40. The van der Waals surface area contributed by atoms with Crippen LogP contribution in [-0.4, -0.2) is 11.5 Å². The van der Waals surface area contributed by atoms with Crippen LogP contribution in [0.3, 0.4) is 0 Å². The van der Waals surface area contributed by atoms with Gasteiger partial charge < -0.3 is 5.32 Å². The van der Waals surface area contributed by atoms with Gasteiger partial charge in [-0.2, -0.15) is 0 Å². The molecule has 0 aliphatic rings. The number of rotatable bonds is 5. The molecule has 2 nitrogen and oxygen atoms in total. The number of hydrogen-bond donors (Lipinski definition) is 1. The first-order valence-electron chi connectivity index (χ1n) is 6.32. The van der Waals surface area contributed by atoms with E-state index in [9.17, 15) is 4.39 Å². The van der Waals surface area contributed by atoms with E-state index in [1.807, 2.05) is 18.3 Å². The Kier molecular flexibility index (Phi) is 4.93. The van der Waals surface area contributed by atoms with Gasteiger partial charge in [-0.15, -0.1) is 0 Å². The molecule has 0 aliphatic carbocycles. The number of aromatic nitrogens is 1. The number of nitrogens with one attached hydrogen (secondary N) is 1. The first kappa shape index (κ1) is 14.0. The minimum Gasteiger partial charge on any atom is -0.309 e. The first-order chi connectivity index (χ1) is 9.19. The number of hydrogen-bond acceptors (Lipinski definition) is 3. The highest BCUT2D eigenvalue weighted by atomic mass is 32.2. The largest absolute Gasteiger partial charge is 0.309 e. The summed E-state index contributed by atoms with van der Waals surface area (Å²) >= 11 is 1.58. The van der Waals surface area contributed by atoms with E-state index < -0.39 is 0 Å². The van der Waals surface area contributed by atoms with Crippen molar-refractivity contribution in [1.29, 1.82) is 0 Å². The maximum Gasteiger partial charge on any atom is 0.123 e. The van der Waals surface area contributed by atoms with E-state index in [2.05, 4.69) is 24.1 Å². The Morgan fingerprint density at radius 3 is 2.42 bits per heavy atom. The summed E-state index contributed by atoms with van der Waals surface area (Å²) in [5.41, 5.74) is 1.03. The lowest BCUT2D eigenvalue weighted by atomic mass is 10.2. The fourth-order valence-corrected chi connectivity index (χ4v) is 2.54. The fraction of sp³-hybridized carbons (Fsp3) is 0.267. The van der Waals surface area contributed by atoms with Gasteiger partial charge in [-0.3, -0.25) is 4.98 Å². The summed E-state index contributed by atoms with van der Waals surface area (Å²) in [6, 6.07) is 10.8. The SMILES string of the molecule is CCNC(C)c1ccc(Sc2ccc(F)cc2)cn1. The van der Waals surface area contributed by atoms with Crippen molar-refractivity contribution in [3.63, 3.8) is 0 Å². The summed E-state index contributed by atoms with van der Waals surface area (Å²) < 4.78 is 12.8. The second kappa shape index (κ2) is 6.68. The second-order valence-electron chi connectivity index (χ2n) is 4.25. The van der Waals surface area contributed by atoms with Crippen molar-refractivity contribution in [2.75, 3.05) is 6.54 Å². The van der Waals surface area contributed by atoms with E-state index in [1.165, 1.54) is 12.1 Å². The smallest absolute Gasteiger partial charge is 0.123 e. The van der Waals surface area contributed by atoms with E-state index in [0.717, 1.165) is 22.0 Å². The lowest BCUT2D eigenvalue weighted by Gasteiger charge is -2.11. The fourth-order valence-electron chi connectivity index (χ4n) is 1.76. The van der Waals surface area contributed by atoms with Gasteiger partial charge in [-0.25, -0.2) is 4.39 Å². The summed E-state index contributed by atoms with van der Waals surface area (Å²) in [5, 5.41) is 3.33. The summed E-state index contributed by atoms with van der Waals surface area (Å²) in [5.74, 6) is -0.211. The van der Waals surface area contributed by atoms with Crippen molar-refractivity contribution in [3.05, 3.63) is 54.1 Å². The van der Waals surface area contributed by atoms with Crippen molar-refractivity contribution < 1.29 is 4.39 Å². The van der Waals surface area contributed by atoms with Crippen molar-refractivity contribution in [1.82, 2.24) is 10.3 Å². The van der Waals surface area contributed by atoms with Crippen LogP contribution >= 0.6 is 11.8 Å². The highest BCUT2D eigenvalue weighted by molar-refractivity contribution is 7.99. The van der Waals surface area contributed by atoms with Crippen LogP contribution in [0.2, 0.25) is 0 Å². The molecule has 1 aromatic heterocycles. The molecule has 1 N–H and O–H groups in total. The summed E-state index contributed by atoms with van der Waals surface area (Å²) in [6.07, 6.45) is 1.86. The van der Waals surface area contributed by atoms with Crippen molar-refractivity contribution in [2.45, 2.75) is 29.7 Å². The maximum atomic E-state index is 12.8. The molecule has 0 fully saturated rings. The van der Waals surface area contributed by atoms with E-state index in [4.69, 9.17) is 0 Å². The van der Waals surface area contributed by atoms with Crippen molar-refractivity contribution >= 4 is 11.8 Å². The zero-order valence-electron chi connectivity index (χ0n) is 11.1. The molecule has 2 rings (SSSR count). The average Bonchev–Trinajstić information content (AvgIpc) is 2.42. The molecule has 1 heterocycles. The van der Waals surface area contributed by atoms with Crippen LogP contribution in [0.1, 0.15) is 25.6 Å². The van der Waals surface area contributed by atoms with Gasteiger partial charge in [0, 0.05) is 22.0 Å². The molecule has 0 radical (unpaired) electrons. The standard InChI is InChI=1S/C15H17FN2S/c1-3-17-11(2)15-9-8-14(10-18-15)19-13-6-4-12(16)5-7-13/h4-11,17H,3H2,1-2H3. The molecular weight excluding hydrogens is 259 g/mol. The Hall–Kier alpha value is -1.39. The van der Waals surface area contributed by atoms with Gasteiger partial charge in [0.05, 0.1) is 5.69 Å². The molecule has 0 amide bonds. The Balaban J connectivity index is 2.04. The lowest BCUT2D eigenvalue weighted by Crippen LogP contribution is -2.18. The van der Waals surface area contributed by atoms with Crippen LogP contribution in [0.15, 0.2) is 52.4 Å². The van der Waals surface area contributed by atoms with Gasteiger partial charge in [0.1, 0.15) is 5.82 Å². The molecule has 100 valence electrons. The molecule has 1 atom stereocenters. The third-order valence-corrected chi connectivity index (χ3v) is 3.75. The zero-order chi connectivity index (χ0) is 13.7. The highest BCUT2D eigenvalue weighted by Gasteiger charge is 2.05. The predicted octanol–water partition coefficient (Wildman–Crippen LogP) is 4.04. The third-order valence-electron chi connectivity index (χ3n) is 2.76. The van der Waals surface area contributed by atoms with Crippen LogP contribution in [0.25, 0.3) is 0 Å². The number of halogens is 1. The van der Waals surface area contributed by atoms with E-state index >= 15 is 0 Å². The molecule has 0 aliphatic heterocycles. The minimum atomic E-state index is -0.211. The van der Waals surface area contributed by atoms with Crippen LogP contribution in [0.4, 0.5) is 4.39 Å². The molecule has 4 heteroatoms. The lowest BCUT2D eigenvalue weighted by molar-refractivity contribution is 0.582. The van der Waals surface area contributed by atoms with Crippen LogP contribution in [-0.2, 0) is 0 Å². The third kappa shape index (κ3) is 4.04. The van der Waals surface area contributed by atoms with Gasteiger partial charge in [0.2, 0.25) is 0 Å². The molecule has 0 bridgehead atoms. The summed E-state index contributed by atoms with van der Waals surface area (Å²) in [4.78, 5) is 6.52. The maximum absolute atomic E-state index is 12.8. The number of benzene rings is 1. The van der Waals surface area contributed by atoms with Gasteiger partial charge in [0.15, 0.2) is 0 Å². The summed E-state index contributed by atoms with van der Waals surface area (Å²) in [6.45, 7) is 5.10. The Bertz CT molecular complexity index is 511. The Morgan fingerprint density at radius 2 is 1.84 bits per heavy atom. The van der Waals surface area contributed by atoms with E-state index in [1.54, 1.807) is 23.9 Å². The van der Waals surface area contributed by atoms with Crippen LogP contribution in [0, 0.1) is 5.82 Å². The molecule has 1 aromatic carbocycles. The Morgan fingerprint density at radius 1 is 1.16 bits per heavy atom. The molecule has 0 spiro atoms. The molecule has 0 saturated carbocycles. The minimum absolute atomic E-state index is 0.211. The quantitative estimate of drug-likeness (QED) is 0.892. The molecule has 0 saturated heterocycles. The van der Waals surface area contributed by atoms with Crippen LogP contribution in [0.5, 0.6) is 0 Å². The molecular formula is C15H17FN2S. The van der Waals surface area contributed by atoms with E-state index in [0.29, 0.717) is 0 Å². The van der Waals surface area contributed by atoms with E-state index in [-0.39, 0.29) is 11.9 Å². The zero-order valence-corrected chi connectivity index (χ0v) is 11.9. The first-order valence-corrected chi connectivity index (χ1v) is 7.13.